The van der Waals surface area contributed by atoms with Gasteiger partial charge in [0.1, 0.15) is 29.7 Å². The first kappa shape index (κ1) is 31.7. The highest BCUT2D eigenvalue weighted by molar-refractivity contribution is 6.07. The SMILES string of the molecule is COCC(=O)Nc1cc(Oc2ccc(NC(=O)Nc3cc(C(C)(C)C)nn3-c3ccc(C(=O)O)c(C)c3)c3ccccc23)ccn1. The maximum Gasteiger partial charge on any atom is 0.335 e. The van der Waals surface area contributed by atoms with Gasteiger partial charge >= 0.3 is 12.0 Å². The minimum Gasteiger partial charge on any atom is -0.478 e. The number of urea groups is 1. The van der Waals surface area contributed by atoms with Crippen molar-refractivity contribution in [3.8, 4) is 17.2 Å². The average molecular weight is 623 g/mol. The van der Waals surface area contributed by atoms with Crippen LogP contribution in [0.3, 0.4) is 0 Å². The largest absolute Gasteiger partial charge is 0.478 e. The van der Waals surface area contributed by atoms with Crippen molar-refractivity contribution in [1.82, 2.24) is 14.8 Å². The van der Waals surface area contributed by atoms with E-state index in [-0.39, 0.29) is 23.5 Å². The predicted octanol–water partition coefficient (Wildman–Crippen LogP) is 6.75. The van der Waals surface area contributed by atoms with Gasteiger partial charge < -0.3 is 25.2 Å². The van der Waals surface area contributed by atoms with Crippen molar-refractivity contribution in [2.45, 2.75) is 33.1 Å². The minimum atomic E-state index is -1.02. The average Bonchev–Trinajstić information content (AvgIpc) is 3.43. The van der Waals surface area contributed by atoms with Crippen LogP contribution < -0.4 is 20.7 Å². The monoisotopic (exact) mass is 622 g/mol. The Morgan fingerprint density at radius 2 is 1.67 bits per heavy atom. The summed E-state index contributed by atoms with van der Waals surface area (Å²) < 4.78 is 12.6. The van der Waals surface area contributed by atoms with E-state index in [1.54, 1.807) is 54.1 Å². The number of nitrogens with zero attached hydrogens (tertiary/aromatic N) is 3. The summed E-state index contributed by atoms with van der Waals surface area (Å²) in [5.74, 6) is 0.380. The zero-order chi connectivity index (χ0) is 33.0. The number of methoxy groups -OCH3 is 1. The number of carboxylic acid groups (broad SMARTS) is 1. The second-order valence-electron chi connectivity index (χ2n) is 11.6. The van der Waals surface area contributed by atoms with E-state index in [1.165, 1.54) is 19.4 Å². The number of pyridine rings is 1. The lowest BCUT2D eigenvalue weighted by Gasteiger charge is -2.15. The first-order valence-corrected chi connectivity index (χ1v) is 14.4. The van der Waals surface area contributed by atoms with Crippen molar-refractivity contribution >= 4 is 46.0 Å². The zero-order valence-electron chi connectivity index (χ0n) is 26.0. The van der Waals surface area contributed by atoms with E-state index in [0.717, 1.165) is 16.5 Å². The summed E-state index contributed by atoms with van der Waals surface area (Å²) in [6.07, 6.45) is 1.53. The third-order valence-electron chi connectivity index (χ3n) is 7.04. The van der Waals surface area contributed by atoms with Gasteiger partial charge in [0, 0.05) is 41.6 Å². The number of aromatic carboxylic acids is 1. The lowest BCUT2D eigenvalue weighted by atomic mass is 9.92. The van der Waals surface area contributed by atoms with Crippen molar-refractivity contribution in [2.75, 3.05) is 29.7 Å². The number of fused-ring (bicyclic) bond motifs is 1. The number of nitrogens with one attached hydrogen (secondary N) is 3. The van der Waals surface area contributed by atoms with Crippen LogP contribution in [-0.4, -0.2) is 51.5 Å². The quantitative estimate of drug-likeness (QED) is 0.141. The molecule has 5 rings (SSSR count). The molecule has 5 aromatic rings. The number of aryl methyl sites for hydroxylation is 1. The van der Waals surface area contributed by atoms with Crippen LogP contribution in [0.1, 0.15) is 42.4 Å². The van der Waals surface area contributed by atoms with Gasteiger partial charge in [-0.1, -0.05) is 45.0 Å². The minimum absolute atomic E-state index is 0.0981. The number of hydrogen-bond acceptors (Lipinski definition) is 7. The second kappa shape index (κ2) is 13.1. The topological polar surface area (TPSA) is 157 Å². The van der Waals surface area contributed by atoms with E-state index in [2.05, 4.69) is 20.9 Å². The van der Waals surface area contributed by atoms with E-state index in [0.29, 0.717) is 40.1 Å². The molecule has 0 aliphatic heterocycles. The van der Waals surface area contributed by atoms with Gasteiger partial charge in [-0.2, -0.15) is 5.10 Å². The molecule has 0 atom stereocenters. The van der Waals surface area contributed by atoms with Crippen LogP contribution >= 0.6 is 0 Å². The number of anilines is 3. The normalized spacial score (nSPS) is 11.2. The summed E-state index contributed by atoms with van der Waals surface area (Å²) in [6, 6.07) is 20.4. The molecule has 3 aromatic carbocycles. The zero-order valence-corrected chi connectivity index (χ0v) is 26.0. The fraction of sp³-hybridized carbons (Fsp3) is 0.206. The van der Waals surface area contributed by atoms with Crippen LogP contribution in [0.4, 0.5) is 22.1 Å². The van der Waals surface area contributed by atoms with Gasteiger partial charge in [-0.15, -0.1) is 0 Å². The van der Waals surface area contributed by atoms with Crippen LogP contribution in [0, 0.1) is 6.92 Å². The summed E-state index contributed by atoms with van der Waals surface area (Å²) in [4.78, 5) is 41.0. The van der Waals surface area contributed by atoms with E-state index in [9.17, 15) is 19.5 Å². The molecule has 0 radical (unpaired) electrons. The molecule has 236 valence electrons. The fourth-order valence-electron chi connectivity index (χ4n) is 4.77. The molecule has 0 bridgehead atoms. The predicted molar refractivity (Wildman–Crippen MR) is 175 cm³/mol. The second-order valence-corrected chi connectivity index (χ2v) is 11.6. The maximum absolute atomic E-state index is 13.4. The smallest absolute Gasteiger partial charge is 0.335 e. The van der Waals surface area contributed by atoms with Crippen molar-refractivity contribution in [2.24, 2.45) is 0 Å². The Balaban J connectivity index is 1.40. The van der Waals surface area contributed by atoms with Crippen molar-refractivity contribution in [3.63, 3.8) is 0 Å². The molecule has 0 unspecified atom stereocenters. The third kappa shape index (κ3) is 7.13. The number of amides is 3. The Labute approximate surface area is 265 Å². The fourth-order valence-corrected chi connectivity index (χ4v) is 4.77. The molecule has 2 aromatic heterocycles. The van der Waals surface area contributed by atoms with Crippen LogP contribution in [0.25, 0.3) is 16.5 Å². The Morgan fingerprint density at radius 3 is 2.37 bits per heavy atom. The summed E-state index contributed by atoms with van der Waals surface area (Å²) in [5.41, 5.74) is 2.35. The Kier molecular flexibility index (Phi) is 9.01. The molecule has 0 fully saturated rings. The Hall–Kier alpha value is -5.75. The first-order valence-electron chi connectivity index (χ1n) is 14.4. The van der Waals surface area contributed by atoms with Gasteiger partial charge in [0.2, 0.25) is 0 Å². The number of ether oxygens (including phenoxy) is 2. The molecule has 0 saturated carbocycles. The summed E-state index contributed by atoms with van der Waals surface area (Å²) >= 11 is 0. The van der Waals surface area contributed by atoms with Crippen LogP contribution in [0.2, 0.25) is 0 Å². The molecule has 3 amide bonds. The van der Waals surface area contributed by atoms with Gasteiger partial charge in [0.25, 0.3) is 5.91 Å². The first-order chi connectivity index (χ1) is 21.9. The molecule has 2 heterocycles. The molecule has 12 heteroatoms. The highest BCUT2D eigenvalue weighted by Gasteiger charge is 2.22. The number of rotatable bonds is 9. The number of carboxylic acids is 1. The van der Waals surface area contributed by atoms with Gasteiger partial charge in [0.05, 0.1) is 22.6 Å². The van der Waals surface area contributed by atoms with E-state index >= 15 is 0 Å². The summed E-state index contributed by atoms with van der Waals surface area (Å²) in [5, 5.41) is 24.2. The van der Waals surface area contributed by atoms with E-state index in [1.807, 2.05) is 45.0 Å². The van der Waals surface area contributed by atoms with Crippen LogP contribution in [-0.2, 0) is 14.9 Å². The molecule has 0 spiro atoms. The number of aromatic nitrogens is 3. The molecule has 0 saturated heterocycles. The Bertz CT molecular complexity index is 1940. The molecule has 0 aliphatic rings. The number of hydrogen-bond donors (Lipinski definition) is 4. The van der Waals surface area contributed by atoms with Crippen molar-refractivity contribution in [1.29, 1.82) is 0 Å². The van der Waals surface area contributed by atoms with Gasteiger partial charge in [-0.05, 0) is 48.9 Å². The number of benzene rings is 3. The van der Waals surface area contributed by atoms with Crippen LogP contribution in [0.15, 0.2) is 79.0 Å². The van der Waals surface area contributed by atoms with E-state index in [4.69, 9.17) is 14.6 Å². The lowest BCUT2D eigenvalue weighted by Crippen LogP contribution is -2.21. The van der Waals surface area contributed by atoms with Gasteiger partial charge in [0.15, 0.2) is 0 Å². The van der Waals surface area contributed by atoms with Gasteiger partial charge in [-0.25, -0.2) is 19.3 Å². The van der Waals surface area contributed by atoms with E-state index < -0.39 is 12.0 Å². The van der Waals surface area contributed by atoms with Gasteiger partial charge in [-0.3, -0.25) is 10.1 Å². The standard InChI is InChI=1S/C34H34N6O6/c1-20-16-21(10-11-23(20)32(42)43)40-30(18-28(39-40)34(2,3)4)38-33(44)36-26-12-13-27(25-9-7-6-8-24(25)26)46-22-14-15-35-29(17-22)37-31(41)19-45-5/h6-18H,19H2,1-5H3,(H,42,43)(H,35,37,41)(H2,36,38,44). The van der Waals surface area contributed by atoms with Crippen LogP contribution in [0.5, 0.6) is 11.5 Å². The Morgan fingerprint density at radius 1 is 0.913 bits per heavy atom. The third-order valence-corrected chi connectivity index (χ3v) is 7.04. The number of carbonyl (C=O) groups is 3. The maximum atomic E-state index is 13.4. The summed E-state index contributed by atoms with van der Waals surface area (Å²) in [6.45, 7) is 7.67. The summed E-state index contributed by atoms with van der Waals surface area (Å²) in [7, 11) is 1.43. The molecule has 4 N–H and O–H groups in total. The van der Waals surface area contributed by atoms with Crippen molar-refractivity contribution < 1.29 is 29.0 Å². The number of carbonyl (C=O) groups excluding carboxylic acids is 2. The molecular formula is C34H34N6O6. The highest BCUT2D eigenvalue weighted by Crippen LogP contribution is 2.35. The van der Waals surface area contributed by atoms with Crippen molar-refractivity contribution in [3.05, 3.63) is 95.8 Å². The molecule has 12 nitrogen and oxygen atoms in total. The lowest BCUT2D eigenvalue weighted by molar-refractivity contribution is -0.119. The molecule has 0 aliphatic carbocycles. The molecular weight excluding hydrogens is 588 g/mol. The highest BCUT2D eigenvalue weighted by atomic mass is 16.5. The molecule has 46 heavy (non-hydrogen) atoms.